The van der Waals surface area contributed by atoms with E-state index in [1.165, 1.54) is 0 Å². The fraction of sp³-hybridized carbons (Fsp3) is 0.385. The van der Waals surface area contributed by atoms with Gasteiger partial charge in [0.2, 0.25) is 0 Å². The predicted octanol–water partition coefficient (Wildman–Crippen LogP) is 2.10. The molecule has 0 aromatic carbocycles. The molecule has 0 saturated heterocycles. The zero-order valence-electron chi connectivity index (χ0n) is 9.97. The van der Waals surface area contributed by atoms with Crippen LogP contribution in [0.2, 0.25) is 0 Å². The van der Waals surface area contributed by atoms with E-state index >= 15 is 0 Å². The minimum atomic E-state index is -0.167. The van der Waals surface area contributed by atoms with Crippen LogP contribution in [0.5, 0.6) is 0 Å². The Morgan fingerprint density at radius 1 is 1.59 bits per heavy atom. The van der Waals surface area contributed by atoms with Crippen molar-refractivity contribution >= 4 is 12.1 Å². The second kappa shape index (κ2) is 5.48. The molecule has 1 atom stereocenters. The summed E-state index contributed by atoms with van der Waals surface area (Å²) in [4.78, 5) is 11.7. The van der Waals surface area contributed by atoms with Gasteiger partial charge < -0.3 is 4.57 Å². The SMILES string of the molecule is Cn1cccc1C(=O)N/N=C/C1CC=CCC1. The first-order valence-corrected chi connectivity index (χ1v) is 5.87. The average Bonchev–Trinajstić information content (AvgIpc) is 2.77. The lowest BCUT2D eigenvalue weighted by molar-refractivity contribution is 0.0947. The summed E-state index contributed by atoms with van der Waals surface area (Å²) in [5.74, 6) is 0.286. The fourth-order valence-corrected chi connectivity index (χ4v) is 1.91. The lowest BCUT2D eigenvalue weighted by Crippen LogP contribution is -2.21. The van der Waals surface area contributed by atoms with Gasteiger partial charge in [-0.05, 0) is 37.3 Å². The minimum Gasteiger partial charge on any atom is -0.347 e. The number of hydrazone groups is 1. The Morgan fingerprint density at radius 2 is 2.47 bits per heavy atom. The average molecular weight is 231 g/mol. The molecule has 1 N–H and O–H groups in total. The van der Waals surface area contributed by atoms with Gasteiger partial charge >= 0.3 is 0 Å². The molecular weight excluding hydrogens is 214 g/mol. The standard InChI is InChI=1S/C13H17N3O/c1-16-9-5-8-12(16)13(17)15-14-10-11-6-3-2-4-7-11/h2-3,5,8-11H,4,6-7H2,1H3,(H,15,17)/b14-10+. The Kier molecular flexibility index (Phi) is 3.75. The van der Waals surface area contributed by atoms with Gasteiger partial charge in [0.25, 0.3) is 5.91 Å². The van der Waals surface area contributed by atoms with E-state index in [9.17, 15) is 4.79 Å². The maximum atomic E-state index is 11.7. The smallest absolute Gasteiger partial charge is 0.287 e. The van der Waals surface area contributed by atoms with Crippen LogP contribution in [-0.4, -0.2) is 16.7 Å². The zero-order chi connectivity index (χ0) is 12.1. The van der Waals surface area contributed by atoms with E-state index in [-0.39, 0.29) is 5.91 Å². The Hall–Kier alpha value is -1.84. The molecule has 0 saturated carbocycles. The number of hydrogen-bond acceptors (Lipinski definition) is 2. The van der Waals surface area contributed by atoms with Crippen LogP contribution in [0.1, 0.15) is 29.8 Å². The number of rotatable bonds is 3. The van der Waals surface area contributed by atoms with E-state index in [0.29, 0.717) is 11.6 Å². The molecule has 1 amide bonds. The molecule has 0 bridgehead atoms. The molecule has 0 fully saturated rings. The normalized spacial score (nSPS) is 19.7. The molecule has 4 nitrogen and oxygen atoms in total. The van der Waals surface area contributed by atoms with E-state index in [2.05, 4.69) is 22.7 Å². The molecule has 1 aliphatic carbocycles. The summed E-state index contributed by atoms with van der Waals surface area (Å²) < 4.78 is 1.77. The Labute approximate surface area is 101 Å². The molecular formula is C13H17N3O. The van der Waals surface area contributed by atoms with E-state index in [1.807, 2.05) is 25.5 Å². The number of carbonyl (C=O) groups excluding carboxylic acids is 1. The Morgan fingerprint density at radius 3 is 3.12 bits per heavy atom. The van der Waals surface area contributed by atoms with Gasteiger partial charge in [-0.1, -0.05) is 12.2 Å². The number of aromatic nitrogens is 1. The van der Waals surface area contributed by atoms with Crippen LogP contribution in [-0.2, 0) is 7.05 Å². The van der Waals surface area contributed by atoms with Gasteiger partial charge in [-0.3, -0.25) is 4.79 Å². The van der Waals surface area contributed by atoms with Crippen molar-refractivity contribution < 1.29 is 4.79 Å². The molecule has 90 valence electrons. The molecule has 0 aliphatic heterocycles. The predicted molar refractivity (Wildman–Crippen MR) is 67.9 cm³/mol. The first kappa shape index (κ1) is 11.6. The molecule has 0 spiro atoms. The zero-order valence-corrected chi connectivity index (χ0v) is 9.97. The Balaban J connectivity index is 1.86. The highest BCUT2D eigenvalue weighted by Crippen LogP contribution is 2.15. The third-order valence-corrected chi connectivity index (χ3v) is 2.94. The summed E-state index contributed by atoms with van der Waals surface area (Å²) in [5, 5.41) is 4.02. The topological polar surface area (TPSA) is 46.4 Å². The van der Waals surface area contributed by atoms with Crippen LogP contribution in [0.3, 0.4) is 0 Å². The number of carbonyl (C=O) groups is 1. The second-order valence-corrected chi connectivity index (χ2v) is 4.27. The molecule has 0 radical (unpaired) electrons. The van der Waals surface area contributed by atoms with Gasteiger partial charge in [0.1, 0.15) is 5.69 Å². The van der Waals surface area contributed by atoms with Crippen molar-refractivity contribution in [3.8, 4) is 0 Å². The van der Waals surface area contributed by atoms with Crippen LogP contribution >= 0.6 is 0 Å². The first-order valence-electron chi connectivity index (χ1n) is 5.87. The van der Waals surface area contributed by atoms with Crippen molar-refractivity contribution in [3.05, 3.63) is 36.2 Å². The van der Waals surface area contributed by atoms with Crippen molar-refractivity contribution in [1.29, 1.82) is 0 Å². The molecule has 2 rings (SSSR count). The largest absolute Gasteiger partial charge is 0.347 e. The summed E-state index contributed by atoms with van der Waals surface area (Å²) in [6.45, 7) is 0. The quantitative estimate of drug-likeness (QED) is 0.483. The van der Waals surface area contributed by atoms with Crippen LogP contribution in [0, 0.1) is 5.92 Å². The van der Waals surface area contributed by atoms with Gasteiger partial charge in [0, 0.05) is 19.5 Å². The van der Waals surface area contributed by atoms with Gasteiger partial charge in [-0.15, -0.1) is 0 Å². The summed E-state index contributed by atoms with van der Waals surface area (Å²) in [7, 11) is 1.84. The number of nitrogens with zero attached hydrogens (tertiary/aromatic N) is 2. The Bertz CT molecular complexity index is 445. The van der Waals surface area contributed by atoms with Crippen LogP contribution in [0.25, 0.3) is 0 Å². The fourth-order valence-electron chi connectivity index (χ4n) is 1.91. The third-order valence-electron chi connectivity index (χ3n) is 2.94. The summed E-state index contributed by atoms with van der Waals surface area (Å²) in [5.41, 5.74) is 3.18. The third kappa shape index (κ3) is 3.06. The van der Waals surface area contributed by atoms with Crippen molar-refractivity contribution in [2.45, 2.75) is 19.3 Å². The molecule has 1 unspecified atom stereocenters. The van der Waals surface area contributed by atoms with Gasteiger partial charge in [0.05, 0.1) is 0 Å². The molecule has 17 heavy (non-hydrogen) atoms. The molecule has 1 aromatic rings. The number of allylic oxidation sites excluding steroid dienone is 2. The van der Waals surface area contributed by atoms with Crippen LogP contribution in [0.15, 0.2) is 35.6 Å². The molecule has 4 heteroatoms. The highest BCUT2D eigenvalue weighted by atomic mass is 16.2. The highest BCUT2D eigenvalue weighted by Gasteiger charge is 2.08. The van der Waals surface area contributed by atoms with E-state index in [4.69, 9.17) is 0 Å². The number of nitrogens with one attached hydrogen (secondary N) is 1. The van der Waals surface area contributed by atoms with Crippen molar-refractivity contribution in [1.82, 2.24) is 9.99 Å². The van der Waals surface area contributed by atoms with E-state index in [1.54, 1.807) is 10.6 Å². The number of hydrogen-bond donors (Lipinski definition) is 1. The lowest BCUT2D eigenvalue weighted by atomic mass is 9.96. The summed E-state index contributed by atoms with van der Waals surface area (Å²) in [6.07, 6.45) is 11.3. The van der Waals surface area contributed by atoms with Crippen molar-refractivity contribution in [2.24, 2.45) is 18.1 Å². The summed E-state index contributed by atoms with van der Waals surface area (Å²) in [6, 6.07) is 3.61. The number of amides is 1. The molecule has 1 aliphatic rings. The first-order chi connectivity index (χ1) is 8.27. The van der Waals surface area contributed by atoms with Gasteiger partial charge in [0.15, 0.2) is 0 Å². The maximum absolute atomic E-state index is 11.7. The summed E-state index contributed by atoms with van der Waals surface area (Å²) >= 11 is 0. The second-order valence-electron chi connectivity index (χ2n) is 4.27. The van der Waals surface area contributed by atoms with Gasteiger partial charge in [-0.25, -0.2) is 5.43 Å². The monoisotopic (exact) mass is 231 g/mol. The number of aryl methyl sites for hydroxylation is 1. The lowest BCUT2D eigenvalue weighted by Gasteiger charge is -2.11. The van der Waals surface area contributed by atoms with Gasteiger partial charge in [-0.2, -0.15) is 5.10 Å². The van der Waals surface area contributed by atoms with Crippen molar-refractivity contribution in [2.75, 3.05) is 0 Å². The minimum absolute atomic E-state index is 0.167. The van der Waals surface area contributed by atoms with Crippen LogP contribution < -0.4 is 5.43 Å². The van der Waals surface area contributed by atoms with Crippen molar-refractivity contribution in [3.63, 3.8) is 0 Å². The van der Waals surface area contributed by atoms with Crippen LogP contribution in [0.4, 0.5) is 0 Å². The van der Waals surface area contributed by atoms with E-state index < -0.39 is 0 Å². The highest BCUT2D eigenvalue weighted by molar-refractivity contribution is 5.92. The molecule has 1 aromatic heterocycles. The van der Waals surface area contributed by atoms with E-state index in [0.717, 1.165) is 19.3 Å². The molecule has 1 heterocycles. The maximum Gasteiger partial charge on any atom is 0.287 e.